The minimum atomic E-state index is -0.211. The highest BCUT2D eigenvalue weighted by Crippen LogP contribution is 2.29. The molecule has 0 radical (unpaired) electrons. The highest BCUT2D eigenvalue weighted by atomic mass is 19.1. The van der Waals surface area contributed by atoms with Crippen LogP contribution in [-0.4, -0.2) is 27.2 Å². The van der Waals surface area contributed by atoms with Gasteiger partial charge in [-0.1, -0.05) is 12.1 Å². The Hall–Kier alpha value is -2.76. The summed E-state index contributed by atoms with van der Waals surface area (Å²) in [6.45, 7) is 2.20. The van der Waals surface area contributed by atoms with Crippen molar-refractivity contribution < 1.29 is 13.9 Å². The molecule has 2 aromatic carbocycles. The summed E-state index contributed by atoms with van der Waals surface area (Å²) in [4.78, 5) is 4.17. The van der Waals surface area contributed by atoms with Crippen LogP contribution >= 0.6 is 0 Å². The van der Waals surface area contributed by atoms with Crippen molar-refractivity contribution in [3.05, 3.63) is 53.3 Å². The number of benzene rings is 2. The molecular weight excluding hydrogens is 309 g/mol. The number of hydrogen-bond acceptors (Lipinski definition) is 3. The van der Waals surface area contributed by atoms with E-state index >= 15 is 0 Å². The molecule has 0 saturated heterocycles. The van der Waals surface area contributed by atoms with E-state index < -0.39 is 0 Å². The number of anilines is 1. The number of hydrogen-bond donors (Lipinski definition) is 2. The SMILES string of the molecule is CN=C(NCc1ccc(C)c(F)c1)Nc1ccc(OC)c(OC)c1. The minimum absolute atomic E-state index is 0.211. The van der Waals surface area contributed by atoms with Crippen LogP contribution < -0.4 is 20.1 Å². The third kappa shape index (κ3) is 4.38. The van der Waals surface area contributed by atoms with E-state index in [0.29, 0.717) is 29.6 Å². The molecule has 0 unspecified atom stereocenters. The lowest BCUT2D eigenvalue weighted by molar-refractivity contribution is 0.355. The van der Waals surface area contributed by atoms with Gasteiger partial charge in [-0.3, -0.25) is 4.99 Å². The third-order valence-corrected chi connectivity index (χ3v) is 3.57. The minimum Gasteiger partial charge on any atom is -0.493 e. The lowest BCUT2D eigenvalue weighted by Gasteiger charge is -2.14. The lowest BCUT2D eigenvalue weighted by atomic mass is 10.1. The number of rotatable bonds is 5. The molecule has 0 saturated carbocycles. The average molecular weight is 331 g/mol. The first-order valence-electron chi connectivity index (χ1n) is 7.52. The molecule has 0 aliphatic carbocycles. The first-order valence-corrected chi connectivity index (χ1v) is 7.52. The summed E-state index contributed by atoms with van der Waals surface area (Å²) in [5.74, 6) is 1.64. The van der Waals surface area contributed by atoms with Crippen LogP contribution in [0.3, 0.4) is 0 Å². The van der Waals surface area contributed by atoms with Crippen molar-refractivity contribution in [3.8, 4) is 11.5 Å². The molecule has 2 aromatic rings. The van der Waals surface area contributed by atoms with Gasteiger partial charge < -0.3 is 20.1 Å². The Morgan fingerprint density at radius 3 is 2.46 bits per heavy atom. The van der Waals surface area contributed by atoms with Crippen LogP contribution in [0.4, 0.5) is 10.1 Å². The Kier molecular flexibility index (Phi) is 6.01. The van der Waals surface area contributed by atoms with Gasteiger partial charge in [0.1, 0.15) is 5.82 Å². The fourth-order valence-electron chi connectivity index (χ4n) is 2.16. The number of ether oxygens (including phenoxy) is 2. The molecule has 0 spiro atoms. The quantitative estimate of drug-likeness (QED) is 0.652. The molecule has 0 heterocycles. The van der Waals surface area contributed by atoms with Crippen molar-refractivity contribution in [1.29, 1.82) is 0 Å². The second kappa shape index (κ2) is 8.19. The monoisotopic (exact) mass is 331 g/mol. The fraction of sp³-hybridized carbons (Fsp3) is 0.278. The van der Waals surface area contributed by atoms with E-state index in [4.69, 9.17) is 9.47 Å². The molecule has 0 bridgehead atoms. The zero-order valence-electron chi connectivity index (χ0n) is 14.3. The van der Waals surface area contributed by atoms with Crippen molar-refractivity contribution in [2.75, 3.05) is 26.6 Å². The van der Waals surface area contributed by atoms with E-state index in [9.17, 15) is 4.39 Å². The first-order chi connectivity index (χ1) is 11.6. The fourth-order valence-corrected chi connectivity index (χ4v) is 2.16. The van der Waals surface area contributed by atoms with Gasteiger partial charge in [0, 0.05) is 25.3 Å². The standard InChI is InChI=1S/C18H22FN3O2/c1-12-5-6-13(9-15(12)19)11-21-18(20-2)22-14-7-8-16(23-3)17(10-14)24-4/h5-10H,11H2,1-4H3,(H2,20,21,22). The average Bonchev–Trinajstić information content (AvgIpc) is 2.61. The van der Waals surface area contributed by atoms with Gasteiger partial charge in [0.15, 0.2) is 17.5 Å². The van der Waals surface area contributed by atoms with Crippen LogP contribution in [0.25, 0.3) is 0 Å². The zero-order chi connectivity index (χ0) is 17.5. The summed E-state index contributed by atoms with van der Waals surface area (Å²) < 4.78 is 24.1. The van der Waals surface area contributed by atoms with Crippen molar-refractivity contribution in [1.82, 2.24) is 5.32 Å². The maximum atomic E-state index is 13.6. The van der Waals surface area contributed by atoms with Gasteiger partial charge >= 0.3 is 0 Å². The molecule has 2 rings (SSSR count). The highest BCUT2D eigenvalue weighted by molar-refractivity contribution is 5.93. The molecule has 2 N–H and O–H groups in total. The molecular formula is C18H22FN3O2. The van der Waals surface area contributed by atoms with E-state index in [2.05, 4.69) is 15.6 Å². The molecule has 0 atom stereocenters. The normalized spacial score (nSPS) is 11.1. The van der Waals surface area contributed by atoms with Gasteiger partial charge in [-0.25, -0.2) is 4.39 Å². The van der Waals surface area contributed by atoms with E-state index in [0.717, 1.165) is 11.3 Å². The number of halogens is 1. The van der Waals surface area contributed by atoms with Crippen LogP contribution in [-0.2, 0) is 6.54 Å². The number of nitrogens with one attached hydrogen (secondary N) is 2. The molecule has 5 nitrogen and oxygen atoms in total. The van der Waals surface area contributed by atoms with Crippen molar-refractivity contribution >= 4 is 11.6 Å². The Morgan fingerprint density at radius 2 is 1.83 bits per heavy atom. The van der Waals surface area contributed by atoms with Gasteiger partial charge in [0.05, 0.1) is 14.2 Å². The number of methoxy groups -OCH3 is 2. The predicted octanol–water partition coefficient (Wildman–Crippen LogP) is 3.34. The van der Waals surface area contributed by atoms with Crippen LogP contribution in [0.1, 0.15) is 11.1 Å². The summed E-state index contributed by atoms with van der Waals surface area (Å²) >= 11 is 0. The maximum absolute atomic E-state index is 13.6. The molecule has 0 aromatic heterocycles. The second-order valence-corrected chi connectivity index (χ2v) is 5.20. The molecule has 0 aliphatic heterocycles. The molecule has 24 heavy (non-hydrogen) atoms. The summed E-state index contributed by atoms with van der Waals surface area (Å²) in [6.07, 6.45) is 0. The summed E-state index contributed by atoms with van der Waals surface area (Å²) in [5, 5.41) is 6.31. The van der Waals surface area contributed by atoms with Crippen LogP contribution in [0.5, 0.6) is 11.5 Å². The van der Waals surface area contributed by atoms with Gasteiger partial charge in [0.2, 0.25) is 0 Å². The van der Waals surface area contributed by atoms with Gasteiger partial charge in [-0.05, 0) is 36.2 Å². The number of guanidine groups is 1. The first kappa shape index (κ1) is 17.6. The topological polar surface area (TPSA) is 54.9 Å². The van der Waals surface area contributed by atoms with Gasteiger partial charge in [-0.2, -0.15) is 0 Å². The smallest absolute Gasteiger partial charge is 0.195 e. The number of aryl methyl sites for hydroxylation is 1. The van der Waals surface area contributed by atoms with Crippen LogP contribution in [0, 0.1) is 12.7 Å². The molecule has 6 heteroatoms. The molecule has 0 aliphatic rings. The zero-order valence-corrected chi connectivity index (χ0v) is 14.3. The summed E-state index contributed by atoms with van der Waals surface area (Å²) in [7, 11) is 4.85. The maximum Gasteiger partial charge on any atom is 0.195 e. The van der Waals surface area contributed by atoms with Crippen molar-refractivity contribution in [3.63, 3.8) is 0 Å². The Labute approximate surface area is 141 Å². The summed E-state index contributed by atoms with van der Waals surface area (Å²) in [6, 6.07) is 10.7. The van der Waals surface area contributed by atoms with Gasteiger partial charge in [-0.15, -0.1) is 0 Å². The summed E-state index contributed by atoms with van der Waals surface area (Å²) in [5.41, 5.74) is 2.27. The largest absolute Gasteiger partial charge is 0.493 e. The lowest BCUT2D eigenvalue weighted by Crippen LogP contribution is -2.30. The predicted molar refractivity (Wildman–Crippen MR) is 94.5 cm³/mol. The Morgan fingerprint density at radius 1 is 1.08 bits per heavy atom. The van der Waals surface area contributed by atoms with E-state index in [-0.39, 0.29) is 5.82 Å². The molecule has 0 amide bonds. The highest BCUT2D eigenvalue weighted by Gasteiger charge is 2.06. The molecule has 128 valence electrons. The Balaban J connectivity index is 2.03. The van der Waals surface area contributed by atoms with Crippen molar-refractivity contribution in [2.45, 2.75) is 13.5 Å². The van der Waals surface area contributed by atoms with Crippen LogP contribution in [0.2, 0.25) is 0 Å². The van der Waals surface area contributed by atoms with Crippen LogP contribution in [0.15, 0.2) is 41.4 Å². The molecule has 0 fully saturated rings. The van der Waals surface area contributed by atoms with E-state index in [1.807, 2.05) is 24.3 Å². The number of aliphatic imine (C=N–C) groups is 1. The van der Waals surface area contributed by atoms with Gasteiger partial charge in [0.25, 0.3) is 0 Å². The number of nitrogens with zero attached hydrogens (tertiary/aromatic N) is 1. The second-order valence-electron chi connectivity index (χ2n) is 5.20. The van der Waals surface area contributed by atoms with E-state index in [1.165, 1.54) is 6.07 Å². The third-order valence-electron chi connectivity index (χ3n) is 3.57. The Bertz CT molecular complexity index is 732. The van der Waals surface area contributed by atoms with Crippen molar-refractivity contribution in [2.24, 2.45) is 4.99 Å². The van der Waals surface area contributed by atoms with E-state index in [1.54, 1.807) is 34.3 Å².